The number of carboxylic acid groups (broad SMARTS) is 1. The van der Waals surface area contributed by atoms with Crippen molar-refractivity contribution in [1.29, 1.82) is 0 Å². The van der Waals surface area contributed by atoms with E-state index >= 15 is 0 Å². The van der Waals surface area contributed by atoms with Crippen LogP contribution in [-0.4, -0.2) is 44.6 Å². The number of sulfonamides is 1. The molecular formula is C24H21IN2O6S. The number of nitrogens with one attached hydrogen (secondary N) is 1. The third-order valence-corrected chi connectivity index (χ3v) is 7.93. The summed E-state index contributed by atoms with van der Waals surface area (Å²) < 4.78 is 34.6. The summed E-state index contributed by atoms with van der Waals surface area (Å²) in [5, 5.41) is 11.7. The van der Waals surface area contributed by atoms with Crippen molar-refractivity contribution >= 4 is 50.2 Å². The lowest BCUT2D eigenvalue weighted by atomic mass is 10.1. The Morgan fingerprint density at radius 3 is 2.38 bits per heavy atom. The van der Waals surface area contributed by atoms with Gasteiger partial charge in [0.1, 0.15) is 18.4 Å². The van der Waals surface area contributed by atoms with Gasteiger partial charge in [-0.15, -0.1) is 0 Å². The Balaban J connectivity index is 1.45. The Bertz CT molecular complexity index is 1310. The lowest BCUT2D eigenvalue weighted by Gasteiger charge is -2.26. The predicted octanol–water partition coefficient (Wildman–Crippen LogP) is 3.30. The van der Waals surface area contributed by atoms with Crippen molar-refractivity contribution in [3.63, 3.8) is 0 Å². The molecule has 2 N–H and O–H groups in total. The van der Waals surface area contributed by atoms with E-state index in [-0.39, 0.29) is 30.0 Å². The summed E-state index contributed by atoms with van der Waals surface area (Å²) in [7, 11) is -3.96. The van der Waals surface area contributed by atoms with E-state index in [4.69, 9.17) is 9.84 Å². The van der Waals surface area contributed by atoms with E-state index in [2.05, 4.69) is 27.9 Å². The number of aromatic carboxylic acids is 1. The van der Waals surface area contributed by atoms with Crippen LogP contribution in [0.1, 0.15) is 15.9 Å². The summed E-state index contributed by atoms with van der Waals surface area (Å²) >= 11 is 2.10. The van der Waals surface area contributed by atoms with Gasteiger partial charge in [0.25, 0.3) is 10.0 Å². The number of benzene rings is 3. The van der Waals surface area contributed by atoms with E-state index in [0.717, 1.165) is 9.13 Å². The molecule has 10 heteroatoms. The lowest BCUT2D eigenvalue weighted by Crippen LogP contribution is -2.48. The van der Waals surface area contributed by atoms with Gasteiger partial charge in [-0.3, -0.25) is 9.10 Å². The van der Waals surface area contributed by atoms with Crippen LogP contribution >= 0.6 is 22.6 Å². The van der Waals surface area contributed by atoms with Crippen molar-refractivity contribution in [1.82, 2.24) is 5.32 Å². The molecular weight excluding hydrogens is 571 g/mol. The number of fused-ring (bicyclic) bond motifs is 1. The average Bonchev–Trinajstić information content (AvgIpc) is 3.23. The Hall–Kier alpha value is -3.12. The average molecular weight is 592 g/mol. The molecule has 0 aliphatic carbocycles. The number of hydrogen-bond acceptors (Lipinski definition) is 5. The third-order valence-electron chi connectivity index (χ3n) is 5.37. The number of halogens is 1. The lowest BCUT2D eigenvalue weighted by molar-refractivity contribution is -0.122. The van der Waals surface area contributed by atoms with Gasteiger partial charge in [0.2, 0.25) is 5.91 Å². The van der Waals surface area contributed by atoms with Crippen LogP contribution in [0, 0.1) is 3.57 Å². The Morgan fingerprint density at radius 2 is 1.71 bits per heavy atom. The predicted molar refractivity (Wildman–Crippen MR) is 135 cm³/mol. The van der Waals surface area contributed by atoms with Crippen LogP contribution in [0.15, 0.2) is 77.7 Å². The first-order valence-corrected chi connectivity index (χ1v) is 12.9. The number of ether oxygens (including phenoxy) is 1. The van der Waals surface area contributed by atoms with Gasteiger partial charge in [-0.1, -0.05) is 18.2 Å². The van der Waals surface area contributed by atoms with Crippen LogP contribution in [0.2, 0.25) is 0 Å². The van der Waals surface area contributed by atoms with Crippen LogP contribution in [0.5, 0.6) is 5.75 Å². The van der Waals surface area contributed by atoms with Crippen LogP contribution in [-0.2, 0) is 21.2 Å². The number of carbonyl (C=O) groups excluding carboxylic acids is 1. The standard InChI is InChI=1S/C24H21IN2O6S/c25-18-7-11-20(12-8-18)34(31,32)27-21-4-2-1-3-17(21)15-22(27)23(28)26-13-14-33-19-9-5-16(6-10-19)24(29)30/h1-12,22H,13-15H2,(H,26,28)(H,29,30)/t22-/m0/s1. The number of para-hydroxylation sites is 1. The Morgan fingerprint density at radius 1 is 1.03 bits per heavy atom. The van der Waals surface area contributed by atoms with Crippen molar-refractivity contribution in [2.75, 3.05) is 17.5 Å². The molecule has 34 heavy (non-hydrogen) atoms. The van der Waals surface area contributed by atoms with E-state index in [0.29, 0.717) is 11.4 Å². The van der Waals surface area contributed by atoms with Gasteiger partial charge in [0, 0.05) is 9.99 Å². The maximum atomic E-state index is 13.5. The van der Waals surface area contributed by atoms with Crippen LogP contribution < -0.4 is 14.4 Å². The minimum atomic E-state index is -3.96. The maximum Gasteiger partial charge on any atom is 0.335 e. The molecule has 0 saturated carbocycles. The van der Waals surface area contributed by atoms with Crippen molar-refractivity contribution in [3.05, 3.63) is 87.5 Å². The molecule has 0 fully saturated rings. The summed E-state index contributed by atoms with van der Waals surface area (Å²) in [6.07, 6.45) is 0.267. The number of carbonyl (C=O) groups is 2. The van der Waals surface area contributed by atoms with Gasteiger partial charge in [0.15, 0.2) is 0 Å². The van der Waals surface area contributed by atoms with E-state index in [9.17, 15) is 18.0 Å². The zero-order chi connectivity index (χ0) is 24.3. The molecule has 176 valence electrons. The van der Waals surface area contributed by atoms with Crippen LogP contribution in [0.3, 0.4) is 0 Å². The van der Waals surface area contributed by atoms with Gasteiger partial charge in [-0.25, -0.2) is 13.2 Å². The molecule has 8 nitrogen and oxygen atoms in total. The van der Waals surface area contributed by atoms with Crippen LogP contribution in [0.4, 0.5) is 5.69 Å². The fourth-order valence-electron chi connectivity index (χ4n) is 3.73. The maximum absolute atomic E-state index is 13.5. The number of rotatable bonds is 8. The second kappa shape index (κ2) is 10.0. The zero-order valence-corrected chi connectivity index (χ0v) is 20.8. The summed E-state index contributed by atoms with van der Waals surface area (Å²) in [6.45, 7) is 0.297. The summed E-state index contributed by atoms with van der Waals surface area (Å²) in [4.78, 5) is 24.1. The highest BCUT2D eigenvalue weighted by atomic mass is 127. The van der Waals surface area contributed by atoms with Crippen molar-refractivity contribution < 1.29 is 27.9 Å². The SMILES string of the molecule is O=C(O)c1ccc(OCCNC(=O)[C@@H]2Cc3ccccc3N2S(=O)(=O)c2ccc(I)cc2)cc1. The molecule has 1 aliphatic rings. The molecule has 0 radical (unpaired) electrons. The first kappa shape index (κ1) is 24.0. The van der Waals surface area contributed by atoms with Crippen molar-refractivity contribution in [3.8, 4) is 5.75 Å². The Labute approximate surface area is 210 Å². The fourth-order valence-corrected chi connectivity index (χ4v) is 5.74. The second-order valence-corrected chi connectivity index (χ2v) is 10.6. The molecule has 0 bridgehead atoms. The quantitative estimate of drug-likeness (QED) is 0.307. The van der Waals surface area contributed by atoms with E-state index in [1.54, 1.807) is 24.3 Å². The molecule has 0 aromatic heterocycles. The highest BCUT2D eigenvalue weighted by molar-refractivity contribution is 14.1. The molecule has 0 spiro atoms. The normalized spacial score (nSPS) is 15.0. The molecule has 4 rings (SSSR count). The monoisotopic (exact) mass is 592 g/mol. The number of carboxylic acids is 1. The van der Waals surface area contributed by atoms with E-state index in [1.165, 1.54) is 40.7 Å². The topological polar surface area (TPSA) is 113 Å². The van der Waals surface area contributed by atoms with E-state index < -0.39 is 27.9 Å². The molecule has 0 saturated heterocycles. The highest BCUT2D eigenvalue weighted by Crippen LogP contribution is 2.36. The fraction of sp³-hybridized carbons (Fsp3) is 0.167. The molecule has 3 aromatic rings. The third kappa shape index (κ3) is 5.02. The van der Waals surface area contributed by atoms with Gasteiger partial charge >= 0.3 is 5.97 Å². The minimum Gasteiger partial charge on any atom is -0.492 e. The van der Waals surface area contributed by atoms with Crippen molar-refractivity contribution in [2.24, 2.45) is 0 Å². The molecule has 0 unspecified atom stereocenters. The zero-order valence-electron chi connectivity index (χ0n) is 17.8. The molecule has 1 amide bonds. The molecule has 1 heterocycles. The van der Waals surface area contributed by atoms with Gasteiger partial charge in [-0.05, 0) is 82.8 Å². The number of hydrogen-bond donors (Lipinski definition) is 2. The Kier molecular flexibility index (Phi) is 7.08. The highest BCUT2D eigenvalue weighted by Gasteiger charge is 2.42. The molecule has 1 atom stereocenters. The van der Waals surface area contributed by atoms with Gasteiger partial charge < -0.3 is 15.2 Å². The molecule has 3 aromatic carbocycles. The number of amides is 1. The summed E-state index contributed by atoms with van der Waals surface area (Å²) in [5.74, 6) is -0.980. The summed E-state index contributed by atoms with van der Waals surface area (Å²) in [5.41, 5.74) is 1.43. The van der Waals surface area contributed by atoms with Crippen LogP contribution in [0.25, 0.3) is 0 Å². The number of nitrogens with zero attached hydrogens (tertiary/aromatic N) is 1. The van der Waals surface area contributed by atoms with E-state index in [1.807, 2.05) is 12.1 Å². The minimum absolute atomic E-state index is 0.121. The van der Waals surface area contributed by atoms with Gasteiger partial charge in [0.05, 0.1) is 22.7 Å². The first-order valence-electron chi connectivity index (χ1n) is 10.4. The first-order chi connectivity index (χ1) is 16.3. The van der Waals surface area contributed by atoms with Gasteiger partial charge in [-0.2, -0.15) is 0 Å². The smallest absolute Gasteiger partial charge is 0.335 e. The largest absolute Gasteiger partial charge is 0.492 e. The summed E-state index contributed by atoms with van der Waals surface area (Å²) in [6, 6.07) is 18.6. The second-order valence-electron chi connectivity index (χ2n) is 7.57. The molecule has 1 aliphatic heterocycles. The number of anilines is 1. The van der Waals surface area contributed by atoms with Crippen molar-refractivity contribution in [2.45, 2.75) is 17.4 Å².